The molecule has 0 aliphatic rings. The molecule has 0 aliphatic heterocycles. The molecule has 1 aromatic rings. The second kappa shape index (κ2) is 6.93. The fourth-order valence-corrected chi connectivity index (χ4v) is 1.07. The molecule has 0 aliphatic carbocycles. The maximum Gasteiger partial charge on any atom is 0.298 e. The summed E-state index contributed by atoms with van der Waals surface area (Å²) in [6, 6.07) is 7.31. The van der Waals surface area contributed by atoms with Crippen molar-refractivity contribution in [2.24, 2.45) is 5.16 Å². The van der Waals surface area contributed by atoms with Crippen LogP contribution in [-0.2, 0) is 13.4 Å². The quantitative estimate of drug-likeness (QED) is 0.257. The van der Waals surface area contributed by atoms with Gasteiger partial charge >= 0.3 is 0 Å². The number of nitrogens with zero attached hydrogens (tertiary/aromatic N) is 1. The molecule has 0 unspecified atom stereocenters. The van der Waals surface area contributed by atoms with Crippen molar-refractivity contribution < 1.29 is 18.3 Å². The van der Waals surface area contributed by atoms with E-state index in [0.717, 1.165) is 5.56 Å². The third kappa shape index (κ3) is 5.37. The summed E-state index contributed by atoms with van der Waals surface area (Å²) in [5.41, 5.74) is 1.39. The highest BCUT2D eigenvalue weighted by molar-refractivity contribution is 7.89. The summed E-state index contributed by atoms with van der Waals surface area (Å²) in [4.78, 5) is 15.7. The first-order chi connectivity index (χ1) is 8.09. The number of hydrogen-bond acceptors (Lipinski definition) is 6. The van der Waals surface area contributed by atoms with E-state index in [1.165, 1.54) is 6.92 Å². The van der Waals surface area contributed by atoms with Gasteiger partial charge in [0, 0.05) is 6.92 Å². The van der Waals surface area contributed by atoms with Crippen molar-refractivity contribution in [1.82, 2.24) is 0 Å². The summed E-state index contributed by atoms with van der Waals surface area (Å²) in [5.74, 6) is 0.393. The Morgan fingerprint density at radius 1 is 1.24 bits per heavy atom. The van der Waals surface area contributed by atoms with E-state index in [0.29, 0.717) is 18.1 Å². The maximum atomic E-state index is 10.8. The summed E-state index contributed by atoms with van der Waals surface area (Å²) in [6.45, 7) is 4.92. The van der Waals surface area contributed by atoms with Gasteiger partial charge in [-0.25, -0.2) is 0 Å². The summed E-state index contributed by atoms with van der Waals surface area (Å²) in [7, 11) is 0. The molecule has 0 spiro atoms. The average molecular weight is 255 g/mol. The average Bonchev–Trinajstić information content (AvgIpc) is 2.30. The molecule has 0 heterocycles. The molecule has 0 saturated carbocycles. The van der Waals surface area contributed by atoms with Crippen LogP contribution in [0.3, 0.4) is 0 Å². The van der Waals surface area contributed by atoms with Crippen molar-refractivity contribution in [1.29, 1.82) is 0 Å². The Labute approximate surface area is 104 Å². The largest absolute Gasteiger partial charge is 0.322 e. The Kier molecular flexibility index (Phi) is 5.51. The van der Waals surface area contributed by atoms with Crippen molar-refractivity contribution in [3.63, 3.8) is 0 Å². The van der Waals surface area contributed by atoms with Gasteiger partial charge in [0.25, 0.3) is 12.3 Å². The number of hydrogen-bond donors (Lipinski definition) is 0. The predicted molar refractivity (Wildman–Crippen MR) is 65.4 cm³/mol. The van der Waals surface area contributed by atoms with Gasteiger partial charge in [0.05, 0.1) is 0 Å². The normalized spacial score (nSPS) is 11.1. The molecule has 0 radical (unpaired) electrons. The van der Waals surface area contributed by atoms with Crippen LogP contribution < -0.4 is 4.89 Å². The smallest absolute Gasteiger partial charge is 0.298 e. The van der Waals surface area contributed by atoms with Gasteiger partial charge in [-0.05, 0) is 26.0 Å². The van der Waals surface area contributed by atoms with Crippen molar-refractivity contribution in [3.8, 4) is 5.75 Å². The van der Waals surface area contributed by atoms with E-state index < -0.39 is 0 Å². The zero-order chi connectivity index (χ0) is 12.7. The molecular weight excluding hydrogens is 242 g/mol. The zero-order valence-corrected chi connectivity index (χ0v) is 10.6. The van der Waals surface area contributed by atoms with Crippen LogP contribution in [0.15, 0.2) is 29.4 Å². The van der Waals surface area contributed by atoms with Crippen LogP contribution in [0.2, 0.25) is 0 Å². The standard InChI is InChI=1S/C11H13NO4S/c1-8-4-6-11(7-5-8)14-16-17-15-12-9(2)10(3)13/h4-7H,1-3H3. The van der Waals surface area contributed by atoms with Gasteiger partial charge < -0.3 is 4.89 Å². The first-order valence-electron chi connectivity index (χ1n) is 4.89. The second-order valence-electron chi connectivity index (χ2n) is 3.34. The van der Waals surface area contributed by atoms with E-state index in [2.05, 4.69) is 13.8 Å². The lowest BCUT2D eigenvalue weighted by atomic mass is 10.2. The molecule has 1 rings (SSSR count). The van der Waals surface area contributed by atoms with Gasteiger partial charge in [-0.2, -0.15) is 0 Å². The minimum Gasteiger partial charge on any atom is -0.322 e. The van der Waals surface area contributed by atoms with Crippen molar-refractivity contribution in [2.75, 3.05) is 0 Å². The van der Waals surface area contributed by atoms with Crippen LogP contribution in [0, 0.1) is 6.92 Å². The first kappa shape index (κ1) is 13.5. The van der Waals surface area contributed by atoms with Crippen LogP contribution in [0.1, 0.15) is 19.4 Å². The van der Waals surface area contributed by atoms with Crippen molar-refractivity contribution >= 4 is 23.8 Å². The van der Waals surface area contributed by atoms with Crippen molar-refractivity contribution in [3.05, 3.63) is 29.8 Å². The van der Waals surface area contributed by atoms with Gasteiger partial charge in [-0.3, -0.25) is 9.08 Å². The molecule has 17 heavy (non-hydrogen) atoms. The molecule has 0 saturated heterocycles. The zero-order valence-electron chi connectivity index (χ0n) is 9.80. The molecular formula is C11H13NO4S. The van der Waals surface area contributed by atoms with Crippen LogP contribution in [0.4, 0.5) is 0 Å². The minimum absolute atomic E-state index is 0.162. The number of rotatable bonds is 6. The summed E-state index contributed by atoms with van der Waals surface area (Å²) in [6.07, 6.45) is 0. The summed E-state index contributed by atoms with van der Waals surface area (Å²) < 4.78 is 9.30. The Morgan fingerprint density at radius 3 is 2.47 bits per heavy atom. The summed E-state index contributed by atoms with van der Waals surface area (Å²) in [5, 5.41) is 3.49. The van der Waals surface area contributed by atoms with Gasteiger partial charge in [-0.15, -0.1) is 0 Å². The fraction of sp³-hybridized carbons (Fsp3) is 0.273. The van der Waals surface area contributed by atoms with E-state index in [-0.39, 0.29) is 11.5 Å². The predicted octanol–water partition coefficient (Wildman–Crippen LogP) is 2.85. The van der Waals surface area contributed by atoms with E-state index in [1.54, 1.807) is 19.1 Å². The lowest BCUT2D eigenvalue weighted by Crippen LogP contribution is -2.04. The third-order valence-corrected chi connectivity index (χ3v) is 2.15. The number of aryl methyl sites for hydroxylation is 1. The molecule has 0 N–H and O–H groups in total. The van der Waals surface area contributed by atoms with E-state index in [9.17, 15) is 4.79 Å². The number of ketones is 1. The molecule has 5 nitrogen and oxygen atoms in total. The molecule has 0 aromatic heterocycles. The van der Waals surface area contributed by atoms with Gasteiger partial charge in [0.1, 0.15) is 5.71 Å². The Morgan fingerprint density at radius 2 is 1.88 bits per heavy atom. The Hall–Kier alpha value is -1.53. The number of carbonyl (C=O) groups is 1. The highest BCUT2D eigenvalue weighted by atomic mass is 32.2. The topological polar surface area (TPSA) is 57.1 Å². The van der Waals surface area contributed by atoms with E-state index in [1.807, 2.05) is 19.1 Å². The third-order valence-electron chi connectivity index (χ3n) is 1.89. The molecule has 6 heteroatoms. The lowest BCUT2D eigenvalue weighted by molar-refractivity contribution is -0.111. The number of benzene rings is 1. The van der Waals surface area contributed by atoms with E-state index in [4.69, 9.17) is 4.89 Å². The lowest BCUT2D eigenvalue weighted by Gasteiger charge is -2.01. The summed E-state index contributed by atoms with van der Waals surface area (Å²) >= 11 is 0.536. The van der Waals surface area contributed by atoms with Gasteiger partial charge in [-0.1, -0.05) is 27.2 Å². The SMILES string of the molecule is CC(=O)C(C)=NOSOOc1ccc(C)cc1. The van der Waals surface area contributed by atoms with Gasteiger partial charge in [0.15, 0.2) is 11.5 Å². The van der Waals surface area contributed by atoms with Crippen LogP contribution >= 0.6 is 12.3 Å². The molecule has 0 amide bonds. The van der Waals surface area contributed by atoms with Gasteiger partial charge in [0.2, 0.25) is 0 Å². The van der Waals surface area contributed by atoms with Crippen LogP contribution in [0.25, 0.3) is 0 Å². The highest BCUT2D eigenvalue weighted by Crippen LogP contribution is 2.15. The number of oxime groups is 1. The second-order valence-corrected chi connectivity index (χ2v) is 3.76. The molecule has 0 fully saturated rings. The number of carbonyl (C=O) groups excluding carboxylic acids is 1. The Bertz CT molecular complexity index is 402. The first-order valence-corrected chi connectivity index (χ1v) is 5.55. The van der Waals surface area contributed by atoms with Crippen LogP contribution in [0.5, 0.6) is 5.75 Å². The monoisotopic (exact) mass is 255 g/mol. The minimum atomic E-state index is -0.162. The molecule has 0 bridgehead atoms. The number of Topliss-reactive ketones (excluding diaryl/α,β-unsaturated/α-hetero) is 1. The van der Waals surface area contributed by atoms with Crippen molar-refractivity contribution in [2.45, 2.75) is 20.8 Å². The Balaban J connectivity index is 2.23. The highest BCUT2D eigenvalue weighted by Gasteiger charge is 1.99. The van der Waals surface area contributed by atoms with Crippen LogP contribution in [-0.4, -0.2) is 11.5 Å². The van der Waals surface area contributed by atoms with E-state index >= 15 is 0 Å². The molecule has 1 aromatic carbocycles. The molecule has 92 valence electrons. The fourth-order valence-electron chi connectivity index (χ4n) is 0.795. The molecule has 0 atom stereocenters. The maximum absolute atomic E-state index is 10.8.